The number of carbonyl (C=O) groups is 2. The first-order valence-electron chi connectivity index (χ1n) is 8.69. The van der Waals surface area contributed by atoms with Crippen LogP contribution in [-0.2, 0) is 19.6 Å². The molecule has 1 amide bonds. The number of esters is 1. The number of amides is 1. The van der Waals surface area contributed by atoms with E-state index < -0.39 is 28.0 Å². The van der Waals surface area contributed by atoms with Crippen LogP contribution in [0.25, 0.3) is 0 Å². The molecule has 0 bridgehead atoms. The predicted molar refractivity (Wildman–Crippen MR) is 117 cm³/mol. The lowest BCUT2D eigenvalue weighted by Crippen LogP contribution is -2.30. The number of hydrogen-bond acceptors (Lipinski definition) is 6. The molecule has 2 aromatic carbocycles. The van der Waals surface area contributed by atoms with Crippen molar-refractivity contribution in [3.63, 3.8) is 0 Å². The third kappa shape index (κ3) is 5.38. The van der Waals surface area contributed by atoms with Gasteiger partial charge in [-0.2, -0.15) is 0 Å². The summed E-state index contributed by atoms with van der Waals surface area (Å²) in [5, 5.41) is 4.68. The highest BCUT2D eigenvalue weighted by molar-refractivity contribution is 7.94. The molecule has 1 aromatic heterocycles. The Morgan fingerprint density at radius 2 is 1.83 bits per heavy atom. The summed E-state index contributed by atoms with van der Waals surface area (Å²) < 4.78 is 32.7. The largest absolute Gasteiger partial charge is 0.449 e. The molecule has 0 saturated carbocycles. The van der Waals surface area contributed by atoms with Crippen molar-refractivity contribution >= 4 is 56.2 Å². The van der Waals surface area contributed by atoms with E-state index >= 15 is 0 Å². The maximum Gasteiger partial charge on any atom is 0.341 e. The minimum atomic E-state index is -3.85. The van der Waals surface area contributed by atoms with Crippen molar-refractivity contribution in [1.29, 1.82) is 0 Å². The van der Waals surface area contributed by atoms with E-state index in [1.54, 1.807) is 47.8 Å². The second-order valence-electron chi connectivity index (χ2n) is 6.13. The summed E-state index contributed by atoms with van der Waals surface area (Å²) >= 11 is 6.94. The maximum atomic E-state index is 12.6. The number of nitrogens with one attached hydrogen (secondary N) is 2. The zero-order valence-corrected chi connectivity index (χ0v) is 18.1. The third-order valence-corrected chi connectivity index (χ3v) is 6.89. The van der Waals surface area contributed by atoms with E-state index in [-0.39, 0.29) is 15.5 Å². The van der Waals surface area contributed by atoms with Gasteiger partial charge in [-0.05, 0) is 48.7 Å². The summed E-state index contributed by atoms with van der Waals surface area (Å²) in [6, 6.07) is 15.6. The standard InChI is InChI=1S/C20H17ClN2O5S2/c1-13(19(24)22-15-7-4-6-14(21)12-15)28-20(25)16-8-2-3-9-17(16)23-30(26,27)18-10-5-11-29-18/h2-13,23H,1H3,(H,22,24). The molecule has 0 spiro atoms. The van der Waals surface area contributed by atoms with Gasteiger partial charge in [-0.15, -0.1) is 11.3 Å². The molecular weight excluding hydrogens is 448 g/mol. The molecule has 0 fully saturated rings. The van der Waals surface area contributed by atoms with E-state index in [1.807, 2.05) is 0 Å². The van der Waals surface area contributed by atoms with Crippen LogP contribution in [0.2, 0.25) is 5.02 Å². The molecule has 0 aliphatic rings. The van der Waals surface area contributed by atoms with Crippen molar-refractivity contribution in [2.75, 3.05) is 10.0 Å². The highest BCUT2D eigenvalue weighted by atomic mass is 35.5. The fourth-order valence-corrected chi connectivity index (χ4v) is 4.71. The Labute approximate surface area is 182 Å². The molecule has 0 radical (unpaired) electrons. The predicted octanol–water partition coefficient (Wildman–Crippen LogP) is 4.39. The van der Waals surface area contributed by atoms with Gasteiger partial charge in [0.1, 0.15) is 4.21 Å². The number of sulfonamides is 1. The molecule has 2 N–H and O–H groups in total. The smallest absolute Gasteiger partial charge is 0.341 e. The minimum absolute atomic E-state index is 0.0139. The van der Waals surface area contributed by atoms with E-state index in [1.165, 1.54) is 25.1 Å². The molecule has 3 rings (SSSR count). The first-order valence-corrected chi connectivity index (χ1v) is 11.4. The lowest BCUT2D eigenvalue weighted by Gasteiger charge is -2.15. The van der Waals surface area contributed by atoms with Crippen LogP contribution in [-0.4, -0.2) is 26.4 Å². The first kappa shape index (κ1) is 21.8. The molecule has 1 heterocycles. The molecule has 0 saturated heterocycles. The summed E-state index contributed by atoms with van der Waals surface area (Å²) in [5.74, 6) is -1.39. The summed E-state index contributed by atoms with van der Waals surface area (Å²) in [4.78, 5) is 24.9. The topological polar surface area (TPSA) is 102 Å². The van der Waals surface area contributed by atoms with Crippen molar-refractivity contribution < 1.29 is 22.7 Å². The van der Waals surface area contributed by atoms with Gasteiger partial charge in [0.2, 0.25) is 0 Å². The Hall–Kier alpha value is -2.88. The van der Waals surface area contributed by atoms with Gasteiger partial charge in [-0.1, -0.05) is 35.9 Å². The van der Waals surface area contributed by atoms with Gasteiger partial charge >= 0.3 is 5.97 Å². The average molecular weight is 465 g/mol. The number of para-hydroxylation sites is 1. The van der Waals surface area contributed by atoms with Crippen LogP contribution in [0.15, 0.2) is 70.3 Å². The zero-order valence-electron chi connectivity index (χ0n) is 15.7. The second-order valence-corrected chi connectivity index (χ2v) is 9.42. The van der Waals surface area contributed by atoms with Crippen molar-refractivity contribution in [3.8, 4) is 0 Å². The minimum Gasteiger partial charge on any atom is -0.449 e. The number of hydrogen-bond donors (Lipinski definition) is 2. The Bertz CT molecular complexity index is 1160. The number of carbonyl (C=O) groups excluding carboxylic acids is 2. The Kier molecular flexibility index (Phi) is 6.76. The van der Waals surface area contributed by atoms with Gasteiger partial charge in [0, 0.05) is 10.7 Å². The second kappa shape index (κ2) is 9.29. The molecular formula is C20H17ClN2O5S2. The zero-order chi connectivity index (χ0) is 21.7. The highest BCUT2D eigenvalue weighted by Crippen LogP contribution is 2.24. The lowest BCUT2D eigenvalue weighted by molar-refractivity contribution is -0.123. The van der Waals surface area contributed by atoms with E-state index in [2.05, 4.69) is 10.0 Å². The molecule has 156 valence electrons. The Morgan fingerprint density at radius 1 is 1.07 bits per heavy atom. The normalized spacial score (nSPS) is 12.1. The van der Waals surface area contributed by atoms with Gasteiger partial charge in [0.25, 0.3) is 15.9 Å². The van der Waals surface area contributed by atoms with Crippen molar-refractivity contribution in [2.45, 2.75) is 17.2 Å². The molecule has 0 aliphatic carbocycles. The SMILES string of the molecule is CC(OC(=O)c1ccccc1NS(=O)(=O)c1cccs1)C(=O)Nc1cccc(Cl)c1. The van der Waals surface area contributed by atoms with Gasteiger partial charge < -0.3 is 10.1 Å². The quantitative estimate of drug-likeness (QED) is 0.505. The Morgan fingerprint density at radius 3 is 2.53 bits per heavy atom. The van der Waals surface area contributed by atoms with E-state index in [0.29, 0.717) is 10.7 Å². The van der Waals surface area contributed by atoms with Crippen LogP contribution in [0, 0.1) is 0 Å². The molecule has 3 aromatic rings. The van der Waals surface area contributed by atoms with Crippen LogP contribution in [0.5, 0.6) is 0 Å². The van der Waals surface area contributed by atoms with Crippen molar-refractivity contribution in [1.82, 2.24) is 0 Å². The fourth-order valence-electron chi connectivity index (χ4n) is 2.45. The number of thiophene rings is 1. The third-order valence-electron chi connectivity index (χ3n) is 3.90. The summed E-state index contributed by atoms with van der Waals surface area (Å²) in [7, 11) is -3.85. The number of benzene rings is 2. The van der Waals surface area contributed by atoms with Gasteiger partial charge in [-0.25, -0.2) is 13.2 Å². The van der Waals surface area contributed by atoms with Crippen LogP contribution in [0.1, 0.15) is 17.3 Å². The molecule has 30 heavy (non-hydrogen) atoms. The Balaban J connectivity index is 1.72. The fraction of sp³-hybridized carbons (Fsp3) is 0.100. The molecule has 0 aliphatic heterocycles. The summed E-state index contributed by atoms with van der Waals surface area (Å²) in [6.45, 7) is 1.41. The molecule has 1 unspecified atom stereocenters. The van der Waals surface area contributed by atoms with Gasteiger partial charge in [-0.3, -0.25) is 9.52 Å². The summed E-state index contributed by atoms with van der Waals surface area (Å²) in [6.07, 6.45) is -1.13. The highest BCUT2D eigenvalue weighted by Gasteiger charge is 2.23. The van der Waals surface area contributed by atoms with Crippen LogP contribution in [0.3, 0.4) is 0 Å². The van der Waals surface area contributed by atoms with E-state index in [4.69, 9.17) is 16.3 Å². The van der Waals surface area contributed by atoms with Crippen LogP contribution < -0.4 is 10.0 Å². The monoisotopic (exact) mass is 464 g/mol. The average Bonchev–Trinajstić information content (AvgIpc) is 3.24. The summed E-state index contributed by atoms with van der Waals surface area (Å²) in [5.41, 5.74) is 0.498. The van der Waals surface area contributed by atoms with Crippen LogP contribution >= 0.6 is 22.9 Å². The van der Waals surface area contributed by atoms with Crippen molar-refractivity contribution in [2.24, 2.45) is 0 Å². The first-order chi connectivity index (χ1) is 14.3. The molecule has 7 nitrogen and oxygen atoms in total. The number of anilines is 2. The molecule has 10 heteroatoms. The number of ether oxygens (including phenoxy) is 1. The van der Waals surface area contributed by atoms with Gasteiger partial charge in [0.15, 0.2) is 6.10 Å². The lowest BCUT2D eigenvalue weighted by atomic mass is 10.2. The van der Waals surface area contributed by atoms with E-state index in [0.717, 1.165) is 11.3 Å². The van der Waals surface area contributed by atoms with Crippen LogP contribution in [0.4, 0.5) is 11.4 Å². The van der Waals surface area contributed by atoms with E-state index in [9.17, 15) is 18.0 Å². The number of halogens is 1. The molecule has 1 atom stereocenters. The van der Waals surface area contributed by atoms with Crippen molar-refractivity contribution in [3.05, 3.63) is 76.6 Å². The number of rotatable bonds is 7. The van der Waals surface area contributed by atoms with Gasteiger partial charge in [0.05, 0.1) is 11.3 Å². The maximum absolute atomic E-state index is 12.6.